The van der Waals surface area contributed by atoms with Crippen LogP contribution in [0.2, 0.25) is 0 Å². The summed E-state index contributed by atoms with van der Waals surface area (Å²) >= 11 is 1.23. The molecule has 24 heavy (non-hydrogen) atoms. The zero-order valence-corrected chi connectivity index (χ0v) is 15.0. The van der Waals surface area contributed by atoms with Crippen LogP contribution in [-0.4, -0.2) is 32.6 Å². The maximum atomic E-state index is 12.2. The lowest BCUT2D eigenvalue weighted by atomic mass is 10.1. The molecule has 1 heterocycles. The Bertz CT molecular complexity index is 668. The van der Waals surface area contributed by atoms with Crippen LogP contribution in [0.3, 0.4) is 0 Å². The number of carbonyl (C=O) groups excluding carboxylic acids is 3. The van der Waals surface area contributed by atoms with Gasteiger partial charge < -0.3 is 15.8 Å². The predicted molar refractivity (Wildman–Crippen MR) is 97.5 cm³/mol. The number of nitrogens with two attached hydrogens (primary N) is 1. The van der Waals surface area contributed by atoms with Crippen molar-refractivity contribution < 1.29 is 19.1 Å². The third-order valence-electron chi connectivity index (χ3n) is 2.65. The standard InChI is InChI=1S/C14H11NO4S.C2H6.CH5N/c1-19-12-3-2-9(7-16)6-10(12)14(18)15-11-4-5-20-13(11)8-17;2*1-2/h2-8H,1H3,(H,15,18);1-2H3;2H2,1H3. The molecule has 0 saturated heterocycles. The molecule has 2 aromatic rings. The average molecular weight is 350 g/mol. The van der Waals surface area contributed by atoms with Crippen LogP contribution >= 0.6 is 11.3 Å². The molecular weight excluding hydrogens is 328 g/mol. The molecule has 0 fully saturated rings. The summed E-state index contributed by atoms with van der Waals surface area (Å²) in [7, 11) is 2.94. The minimum Gasteiger partial charge on any atom is -0.496 e. The van der Waals surface area contributed by atoms with Gasteiger partial charge in [-0.25, -0.2) is 0 Å². The predicted octanol–water partition coefficient (Wildman–Crippen LogP) is 3.24. The summed E-state index contributed by atoms with van der Waals surface area (Å²) in [6.07, 6.45) is 1.33. The van der Waals surface area contributed by atoms with Gasteiger partial charge in [0.2, 0.25) is 0 Å². The Balaban J connectivity index is 0.00000123. The van der Waals surface area contributed by atoms with Gasteiger partial charge in [-0.05, 0) is 36.7 Å². The normalized spacial score (nSPS) is 8.71. The second-order valence-electron chi connectivity index (χ2n) is 3.85. The minimum absolute atomic E-state index is 0.236. The zero-order valence-electron chi connectivity index (χ0n) is 14.2. The van der Waals surface area contributed by atoms with E-state index in [1.54, 1.807) is 23.6 Å². The fraction of sp³-hybridized carbons (Fsp3) is 0.235. The highest BCUT2D eigenvalue weighted by Gasteiger charge is 2.15. The number of methoxy groups -OCH3 is 1. The van der Waals surface area contributed by atoms with Gasteiger partial charge in [-0.1, -0.05) is 13.8 Å². The Morgan fingerprint density at radius 3 is 2.38 bits per heavy atom. The summed E-state index contributed by atoms with van der Waals surface area (Å²) in [5.41, 5.74) is 5.55. The van der Waals surface area contributed by atoms with Crippen molar-refractivity contribution in [2.45, 2.75) is 13.8 Å². The monoisotopic (exact) mass is 350 g/mol. The number of carbonyl (C=O) groups is 3. The highest BCUT2D eigenvalue weighted by atomic mass is 32.1. The Labute approximate surface area is 145 Å². The third kappa shape index (κ3) is 5.60. The molecule has 7 heteroatoms. The summed E-state index contributed by atoms with van der Waals surface area (Å²) in [5, 5.41) is 4.33. The van der Waals surface area contributed by atoms with Gasteiger partial charge in [0.15, 0.2) is 6.29 Å². The summed E-state index contributed by atoms with van der Waals surface area (Å²) in [4.78, 5) is 34.2. The number of anilines is 1. The number of rotatable bonds is 5. The molecule has 0 bridgehead atoms. The van der Waals surface area contributed by atoms with E-state index in [0.717, 1.165) is 0 Å². The molecule has 1 aromatic carbocycles. The number of amides is 1. The molecule has 0 spiro atoms. The summed E-state index contributed by atoms with van der Waals surface area (Å²) in [6, 6.07) is 6.19. The lowest BCUT2D eigenvalue weighted by molar-refractivity contribution is 0.102. The van der Waals surface area contributed by atoms with Crippen molar-refractivity contribution in [1.29, 1.82) is 0 Å². The number of ether oxygens (including phenoxy) is 1. The molecule has 0 saturated carbocycles. The first kappa shape index (κ1) is 21.5. The first-order valence-corrected chi connectivity index (χ1v) is 8.12. The van der Waals surface area contributed by atoms with Crippen molar-refractivity contribution in [1.82, 2.24) is 0 Å². The van der Waals surface area contributed by atoms with E-state index in [4.69, 9.17) is 4.74 Å². The molecule has 2 rings (SSSR count). The van der Waals surface area contributed by atoms with Crippen LogP contribution in [0.15, 0.2) is 29.6 Å². The molecule has 0 aliphatic rings. The fourth-order valence-corrected chi connectivity index (χ4v) is 2.33. The molecule has 1 amide bonds. The van der Waals surface area contributed by atoms with Crippen molar-refractivity contribution in [3.8, 4) is 5.75 Å². The number of benzene rings is 1. The number of nitrogens with one attached hydrogen (secondary N) is 1. The molecule has 0 aliphatic heterocycles. The quantitative estimate of drug-likeness (QED) is 0.807. The topological polar surface area (TPSA) is 98.5 Å². The molecular formula is C17H22N2O4S. The highest BCUT2D eigenvalue weighted by Crippen LogP contribution is 2.24. The van der Waals surface area contributed by atoms with Gasteiger partial charge in [-0.15, -0.1) is 11.3 Å². The maximum Gasteiger partial charge on any atom is 0.259 e. The van der Waals surface area contributed by atoms with Gasteiger partial charge in [0.25, 0.3) is 5.91 Å². The SMILES string of the molecule is CC.CN.COc1ccc(C=O)cc1C(=O)Nc1ccsc1C=O. The van der Waals surface area contributed by atoms with Crippen molar-refractivity contribution in [2.24, 2.45) is 5.73 Å². The third-order valence-corrected chi connectivity index (χ3v) is 3.50. The lowest BCUT2D eigenvalue weighted by Gasteiger charge is -2.09. The molecule has 6 nitrogen and oxygen atoms in total. The van der Waals surface area contributed by atoms with Crippen molar-refractivity contribution >= 4 is 35.5 Å². The Morgan fingerprint density at radius 1 is 1.17 bits per heavy atom. The van der Waals surface area contributed by atoms with E-state index in [9.17, 15) is 14.4 Å². The van der Waals surface area contributed by atoms with E-state index < -0.39 is 5.91 Å². The number of hydrogen-bond donors (Lipinski definition) is 2. The van der Waals surface area contributed by atoms with Gasteiger partial charge >= 0.3 is 0 Å². The van der Waals surface area contributed by atoms with Crippen LogP contribution in [-0.2, 0) is 0 Å². The van der Waals surface area contributed by atoms with E-state index in [2.05, 4.69) is 11.1 Å². The molecule has 3 N–H and O–H groups in total. The highest BCUT2D eigenvalue weighted by molar-refractivity contribution is 7.12. The van der Waals surface area contributed by atoms with Crippen LogP contribution < -0.4 is 15.8 Å². The molecule has 0 aliphatic carbocycles. The van der Waals surface area contributed by atoms with E-state index in [1.807, 2.05) is 13.8 Å². The molecule has 0 radical (unpaired) electrons. The molecule has 1 aromatic heterocycles. The number of thiophene rings is 1. The lowest BCUT2D eigenvalue weighted by Crippen LogP contribution is -2.14. The number of hydrogen-bond acceptors (Lipinski definition) is 6. The van der Waals surface area contributed by atoms with Crippen LogP contribution in [0.25, 0.3) is 0 Å². The van der Waals surface area contributed by atoms with Gasteiger partial charge in [0, 0.05) is 5.56 Å². The number of aldehydes is 2. The summed E-state index contributed by atoms with van der Waals surface area (Å²) in [5.74, 6) is -0.0805. The van der Waals surface area contributed by atoms with Crippen molar-refractivity contribution in [3.05, 3.63) is 45.6 Å². The fourth-order valence-electron chi connectivity index (χ4n) is 1.68. The first-order chi connectivity index (χ1) is 11.7. The molecule has 0 atom stereocenters. The van der Waals surface area contributed by atoms with Crippen molar-refractivity contribution in [2.75, 3.05) is 19.5 Å². The van der Waals surface area contributed by atoms with Crippen LogP contribution in [0.4, 0.5) is 5.69 Å². The van der Waals surface area contributed by atoms with E-state index >= 15 is 0 Å². The Kier molecular flexibility index (Phi) is 10.7. The Hall–Kier alpha value is -2.51. The van der Waals surface area contributed by atoms with E-state index in [0.29, 0.717) is 34.4 Å². The van der Waals surface area contributed by atoms with E-state index in [1.165, 1.54) is 31.6 Å². The molecule has 130 valence electrons. The van der Waals surface area contributed by atoms with Crippen LogP contribution in [0.5, 0.6) is 5.75 Å². The van der Waals surface area contributed by atoms with Crippen molar-refractivity contribution in [3.63, 3.8) is 0 Å². The second-order valence-corrected chi connectivity index (χ2v) is 4.80. The largest absolute Gasteiger partial charge is 0.496 e. The first-order valence-electron chi connectivity index (χ1n) is 7.24. The average Bonchev–Trinajstić information content (AvgIpc) is 3.11. The van der Waals surface area contributed by atoms with Gasteiger partial charge in [0.05, 0.1) is 23.2 Å². The smallest absolute Gasteiger partial charge is 0.259 e. The van der Waals surface area contributed by atoms with Crippen LogP contribution in [0, 0.1) is 0 Å². The Morgan fingerprint density at radius 2 is 1.83 bits per heavy atom. The summed E-state index contributed by atoms with van der Waals surface area (Å²) < 4.78 is 5.10. The second kappa shape index (κ2) is 12.0. The summed E-state index contributed by atoms with van der Waals surface area (Å²) in [6.45, 7) is 4.00. The van der Waals surface area contributed by atoms with Gasteiger partial charge in [0.1, 0.15) is 12.0 Å². The van der Waals surface area contributed by atoms with Gasteiger partial charge in [-0.2, -0.15) is 0 Å². The zero-order chi connectivity index (χ0) is 18.5. The van der Waals surface area contributed by atoms with Gasteiger partial charge in [-0.3, -0.25) is 14.4 Å². The maximum absolute atomic E-state index is 12.2. The van der Waals surface area contributed by atoms with Crippen LogP contribution in [0.1, 0.15) is 44.2 Å². The van der Waals surface area contributed by atoms with E-state index in [-0.39, 0.29) is 5.56 Å². The molecule has 0 unspecified atom stereocenters. The minimum atomic E-state index is -0.438.